The van der Waals surface area contributed by atoms with Gasteiger partial charge in [0.25, 0.3) is 0 Å². The fraction of sp³-hybridized carbons (Fsp3) is 0.562. The molecule has 1 aromatic rings. The van der Waals surface area contributed by atoms with Crippen LogP contribution in [-0.4, -0.2) is 35.2 Å². The van der Waals surface area contributed by atoms with Crippen molar-refractivity contribution in [2.75, 3.05) is 13.5 Å². The summed E-state index contributed by atoms with van der Waals surface area (Å²) in [5.74, 6) is -1.16. The smallest absolute Gasteiger partial charge is 0.342 e. The molecule has 2 unspecified atom stereocenters. The number of carbonyl (C=O) groups is 1. The van der Waals surface area contributed by atoms with E-state index in [0.29, 0.717) is 11.3 Å². The Labute approximate surface area is 142 Å². The van der Waals surface area contributed by atoms with E-state index in [9.17, 15) is 19.6 Å². The molecule has 0 aromatic heterocycles. The van der Waals surface area contributed by atoms with Crippen LogP contribution in [-0.2, 0) is 14.1 Å². The van der Waals surface area contributed by atoms with E-state index in [-0.39, 0.29) is 12.3 Å². The van der Waals surface area contributed by atoms with Crippen LogP contribution in [0.15, 0.2) is 24.3 Å². The molecule has 1 rings (SSSR count). The molecular weight excluding hydrogens is 333 g/mol. The van der Waals surface area contributed by atoms with Gasteiger partial charge in [0.15, 0.2) is 0 Å². The van der Waals surface area contributed by atoms with Crippen molar-refractivity contribution in [1.82, 2.24) is 5.09 Å². The highest BCUT2D eigenvalue weighted by Crippen LogP contribution is 2.46. The summed E-state index contributed by atoms with van der Waals surface area (Å²) in [6.45, 7) is 6.53. The predicted octanol–water partition coefficient (Wildman–Crippen LogP) is 3.00. The van der Waals surface area contributed by atoms with E-state index in [2.05, 4.69) is 5.09 Å². The van der Waals surface area contributed by atoms with Crippen molar-refractivity contribution in [2.45, 2.75) is 39.3 Å². The maximum absolute atomic E-state index is 13.1. The highest BCUT2D eigenvalue weighted by atomic mass is 31.2. The maximum Gasteiger partial charge on any atom is 0.342 e. The largest absolute Gasteiger partial charge is 0.480 e. The molecule has 0 bridgehead atoms. The van der Waals surface area contributed by atoms with Gasteiger partial charge in [-0.15, -0.1) is 0 Å². The molecule has 1 aromatic carbocycles. The number of aliphatic hydroxyl groups excluding tert-OH is 1. The van der Waals surface area contributed by atoms with Crippen LogP contribution < -0.4 is 9.61 Å². The first-order valence-electron chi connectivity index (χ1n) is 7.62. The van der Waals surface area contributed by atoms with Gasteiger partial charge >= 0.3 is 13.5 Å². The Kier molecular flexibility index (Phi) is 6.98. The second-order valence-electron chi connectivity index (χ2n) is 6.20. The highest BCUT2D eigenvalue weighted by Gasteiger charge is 2.43. The third kappa shape index (κ3) is 5.05. The molecule has 24 heavy (non-hydrogen) atoms. The van der Waals surface area contributed by atoms with Crippen LogP contribution in [0.25, 0.3) is 0 Å². The Balaban J connectivity index is 3.07. The van der Waals surface area contributed by atoms with Crippen molar-refractivity contribution in [3.05, 3.63) is 29.8 Å². The molecule has 0 aliphatic carbocycles. The standard InChI is InChI=1S/C16H26NO6P/c1-11(2)16(4,15(19)20)17-24(21,10-22-5)23-14-8-6-13(7-9-14)12(3)18/h6-9,11-12,18H,10H2,1-5H3,(H,17,21)(H,19,20)/t12?,16-,24?/m0/s1. The van der Waals surface area contributed by atoms with Crippen molar-refractivity contribution >= 4 is 13.5 Å². The Bertz CT molecular complexity index is 601. The van der Waals surface area contributed by atoms with Crippen molar-refractivity contribution in [2.24, 2.45) is 5.92 Å². The Morgan fingerprint density at radius 2 is 1.83 bits per heavy atom. The van der Waals surface area contributed by atoms with Crippen LogP contribution in [0.2, 0.25) is 0 Å². The number of carboxylic acid groups (broad SMARTS) is 1. The third-order valence-electron chi connectivity index (χ3n) is 3.92. The minimum absolute atomic E-state index is 0.277. The quantitative estimate of drug-likeness (QED) is 0.582. The Morgan fingerprint density at radius 3 is 2.21 bits per heavy atom. The summed E-state index contributed by atoms with van der Waals surface area (Å²) in [5.41, 5.74) is -0.748. The number of hydrogen-bond donors (Lipinski definition) is 3. The molecular formula is C16H26NO6P. The van der Waals surface area contributed by atoms with Gasteiger partial charge < -0.3 is 19.5 Å². The molecule has 3 atom stereocenters. The van der Waals surface area contributed by atoms with Gasteiger partial charge in [0.1, 0.15) is 17.6 Å². The number of methoxy groups -OCH3 is 1. The minimum Gasteiger partial charge on any atom is -0.480 e. The number of nitrogens with one attached hydrogen (secondary N) is 1. The summed E-state index contributed by atoms with van der Waals surface area (Å²) in [5, 5.41) is 21.7. The molecule has 0 saturated carbocycles. The van der Waals surface area contributed by atoms with E-state index in [1.165, 1.54) is 14.0 Å². The molecule has 0 amide bonds. The van der Waals surface area contributed by atoms with Gasteiger partial charge in [0.05, 0.1) is 6.10 Å². The van der Waals surface area contributed by atoms with Crippen LogP contribution in [0, 0.1) is 5.92 Å². The Morgan fingerprint density at radius 1 is 1.29 bits per heavy atom. The zero-order valence-corrected chi connectivity index (χ0v) is 15.5. The van der Waals surface area contributed by atoms with E-state index < -0.39 is 25.1 Å². The molecule has 0 saturated heterocycles. The summed E-state index contributed by atoms with van der Waals surface area (Å²) in [7, 11) is -2.26. The molecule has 7 nitrogen and oxygen atoms in total. The summed E-state index contributed by atoms with van der Waals surface area (Å²) >= 11 is 0. The van der Waals surface area contributed by atoms with Crippen LogP contribution >= 0.6 is 7.52 Å². The molecule has 0 heterocycles. The second kappa shape index (κ2) is 8.12. The summed E-state index contributed by atoms with van der Waals surface area (Å²) in [6.07, 6.45) is -0.903. The van der Waals surface area contributed by atoms with Crippen LogP contribution in [0.4, 0.5) is 0 Å². The predicted molar refractivity (Wildman–Crippen MR) is 91.2 cm³/mol. The first-order valence-corrected chi connectivity index (χ1v) is 9.43. The lowest BCUT2D eigenvalue weighted by Crippen LogP contribution is -2.52. The zero-order valence-electron chi connectivity index (χ0n) is 14.6. The van der Waals surface area contributed by atoms with Gasteiger partial charge in [-0.25, -0.2) is 5.09 Å². The van der Waals surface area contributed by atoms with Gasteiger partial charge in [0, 0.05) is 7.11 Å². The van der Waals surface area contributed by atoms with Crippen molar-refractivity contribution in [1.29, 1.82) is 0 Å². The lowest BCUT2D eigenvalue weighted by molar-refractivity contribution is -0.145. The molecule has 0 fully saturated rings. The highest BCUT2D eigenvalue weighted by molar-refractivity contribution is 7.57. The van der Waals surface area contributed by atoms with Crippen LogP contribution in [0.1, 0.15) is 39.4 Å². The maximum atomic E-state index is 13.1. The summed E-state index contributed by atoms with van der Waals surface area (Å²) in [6, 6.07) is 6.44. The number of rotatable bonds is 9. The van der Waals surface area contributed by atoms with Gasteiger partial charge in [-0.1, -0.05) is 26.0 Å². The molecule has 0 spiro atoms. The van der Waals surface area contributed by atoms with E-state index in [0.717, 1.165) is 0 Å². The number of hydrogen-bond acceptors (Lipinski definition) is 5. The fourth-order valence-corrected chi connectivity index (χ4v) is 4.03. The molecule has 0 aliphatic heterocycles. The number of ether oxygens (including phenoxy) is 1. The first-order chi connectivity index (χ1) is 11.0. The topological polar surface area (TPSA) is 105 Å². The molecule has 0 aliphatic rings. The number of aliphatic hydroxyl groups is 1. The third-order valence-corrected chi connectivity index (χ3v) is 5.83. The lowest BCUT2D eigenvalue weighted by Gasteiger charge is -2.34. The zero-order chi connectivity index (χ0) is 18.5. The van der Waals surface area contributed by atoms with Gasteiger partial charge in [-0.2, -0.15) is 0 Å². The van der Waals surface area contributed by atoms with Gasteiger partial charge in [-0.3, -0.25) is 9.36 Å². The summed E-state index contributed by atoms with van der Waals surface area (Å²) < 4.78 is 23.6. The summed E-state index contributed by atoms with van der Waals surface area (Å²) in [4.78, 5) is 11.6. The van der Waals surface area contributed by atoms with Gasteiger partial charge in [0.2, 0.25) is 0 Å². The SMILES string of the molecule is COCP(=O)(N[C@](C)(C(=O)O)C(C)C)Oc1ccc(C(C)O)cc1. The average molecular weight is 359 g/mol. The van der Waals surface area contributed by atoms with E-state index in [1.54, 1.807) is 45.0 Å². The number of benzene rings is 1. The van der Waals surface area contributed by atoms with Gasteiger partial charge in [-0.05, 0) is 37.5 Å². The van der Waals surface area contributed by atoms with Crippen LogP contribution in [0.5, 0.6) is 5.75 Å². The monoisotopic (exact) mass is 359 g/mol. The minimum atomic E-state index is -3.62. The number of carboxylic acids is 1. The van der Waals surface area contributed by atoms with E-state index >= 15 is 0 Å². The van der Waals surface area contributed by atoms with Crippen molar-refractivity contribution < 1.29 is 28.8 Å². The van der Waals surface area contributed by atoms with Crippen molar-refractivity contribution in [3.8, 4) is 5.75 Å². The molecule has 3 N–H and O–H groups in total. The van der Waals surface area contributed by atoms with Crippen LogP contribution in [0.3, 0.4) is 0 Å². The molecule has 8 heteroatoms. The first kappa shape index (κ1) is 20.6. The van der Waals surface area contributed by atoms with E-state index in [1.807, 2.05) is 0 Å². The average Bonchev–Trinajstić information content (AvgIpc) is 2.47. The van der Waals surface area contributed by atoms with Crippen molar-refractivity contribution in [3.63, 3.8) is 0 Å². The number of aliphatic carboxylic acids is 1. The Hall–Kier alpha value is -1.40. The lowest BCUT2D eigenvalue weighted by atomic mass is 9.90. The normalized spacial score (nSPS) is 17.8. The fourth-order valence-electron chi connectivity index (χ4n) is 2.01. The second-order valence-corrected chi connectivity index (χ2v) is 8.21. The van der Waals surface area contributed by atoms with E-state index in [4.69, 9.17) is 9.26 Å². The molecule has 0 radical (unpaired) electrons. The molecule has 136 valence electrons.